The summed E-state index contributed by atoms with van der Waals surface area (Å²) >= 11 is 6.07. The van der Waals surface area contributed by atoms with Crippen LogP contribution in [0.2, 0.25) is 5.02 Å². The third kappa shape index (κ3) is 8.33. The number of carbonyl (C=O) groups excluding carboxylic acids is 2. The highest BCUT2D eigenvalue weighted by molar-refractivity contribution is 7.92. The number of nitrogens with zero attached hydrogens (tertiary/aromatic N) is 2. The molecule has 0 spiro atoms. The van der Waals surface area contributed by atoms with Crippen molar-refractivity contribution in [2.75, 3.05) is 23.7 Å². The van der Waals surface area contributed by atoms with E-state index >= 15 is 0 Å². The van der Waals surface area contributed by atoms with E-state index in [4.69, 9.17) is 11.6 Å². The van der Waals surface area contributed by atoms with Crippen molar-refractivity contribution in [2.45, 2.75) is 39.3 Å². The summed E-state index contributed by atoms with van der Waals surface area (Å²) in [6, 6.07) is 22.6. The maximum atomic E-state index is 14.0. The summed E-state index contributed by atoms with van der Waals surface area (Å²) in [5.41, 5.74) is 2.91. The zero-order valence-electron chi connectivity index (χ0n) is 21.9. The smallest absolute Gasteiger partial charge is 0.244 e. The summed E-state index contributed by atoms with van der Waals surface area (Å²) in [4.78, 5) is 28.9. The van der Waals surface area contributed by atoms with Gasteiger partial charge in [-0.15, -0.1) is 0 Å². The van der Waals surface area contributed by atoms with Crippen molar-refractivity contribution in [3.05, 3.63) is 101 Å². The molecule has 1 N–H and O–H groups in total. The fourth-order valence-corrected chi connectivity index (χ4v) is 5.07. The van der Waals surface area contributed by atoms with Gasteiger partial charge in [0, 0.05) is 24.5 Å². The van der Waals surface area contributed by atoms with E-state index in [0.29, 0.717) is 17.3 Å². The summed E-state index contributed by atoms with van der Waals surface area (Å²) in [6.45, 7) is 3.94. The summed E-state index contributed by atoms with van der Waals surface area (Å²) in [6.07, 6.45) is 2.09. The van der Waals surface area contributed by atoms with Gasteiger partial charge in [0.25, 0.3) is 0 Å². The van der Waals surface area contributed by atoms with Gasteiger partial charge in [-0.05, 0) is 54.3 Å². The number of anilines is 1. The van der Waals surface area contributed by atoms with Crippen LogP contribution in [-0.2, 0) is 32.6 Å². The van der Waals surface area contributed by atoms with Gasteiger partial charge in [-0.2, -0.15) is 0 Å². The molecule has 7 nitrogen and oxygen atoms in total. The third-order valence-corrected chi connectivity index (χ3v) is 7.45. The molecule has 0 aliphatic heterocycles. The molecule has 9 heteroatoms. The van der Waals surface area contributed by atoms with Crippen LogP contribution in [0.5, 0.6) is 0 Å². The van der Waals surface area contributed by atoms with Gasteiger partial charge in [-0.3, -0.25) is 13.9 Å². The van der Waals surface area contributed by atoms with Gasteiger partial charge in [0.2, 0.25) is 21.8 Å². The van der Waals surface area contributed by atoms with E-state index in [-0.39, 0.29) is 18.9 Å². The fourth-order valence-electron chi connectivity index (χ4n) is 4.10. The molecule has 0 saturated carbocycles. The lowest BCUT2D eigenvalue weighted by Crippen LogP contribution is -2.53. The molecule has 3 rings (SSSR count). The molecule has 3 aromatic rings. The van der Waals surface area contributed by atoms with Gasteiger partial charge in [0.1, 0.15) is 12.6 Å². The Bertz CT molecular complexity index is 1330. The zero-order chi connectivity index (χ0) is 27.7. The second kappa shape index (κ2) is 13.4. The van der Waals surface area contributed by atoms with E-state index in [1.54, 1.807) is 42.5 Å². The van der Waals surface area contributed by atoms with Gasteiger partial charge in [-0.25, -0.2) is 8.42 Å². The first-order valence-electron chi connectivity index (χ1n) is 12.5. The molecule has 202 valence electrons. The first-order chi connectivity index (χ1) is 18.1. The topological polar surface area (TPSA) is 86.8 Å². The maximum Gasteiger partial charge on any atom is 0.244 e. The van der Waals surface area contributed by atoms with Gasteiger partial charge in [-0.1, -0.05) is 73.1 Å². The number of hydrogen-bond donors (Lipinski definition) is 1. The zero-order valence-corrected chi connectivity index (χ0v) is 23.5. The number of benzene rings is 3. The van der Waals surface area contributed by atoms with Crippen molar-refractivity contribution in [1.82, 2.24) is 10.2 Å². The third-order valence-electron chi connectivity index (χ3n) is 6.06. The van der Waals surface area contributed by atoms with Crippen molar-refractivity contribution < 1.29 is 18.0 Å². The Labute approximate surface area is 230 Å². The standard InChI is InChI=1S/C29H34ClN3O4S/c1-4-17-31-29(35)27(19-23-10-6-5-7-11-23)32(20-24-13-15-25(30)16-14-24)28(34)21-33(38(3,36)37)26-12-8-9-22(2)18-26/h5-16,18,27H,4,17,19-21H2,1-3H3,(H,31,35)/t27-/m1/s1. The number of rotatable bonds is 12. The Morgan fingerprint density at radius 2 is 1.63 bits per heavy atom. The minimum absolute atomic E-state index is 0.110. The number of sulfonamides is 1. The summed E-state index contributed by atoms with van der Waals surface area (Å²) < 4.78 is 26.7. The van der Waals surface area contributed by atoms with E-state index in [1.807, 2.05) is 50.2 Å². The highest BCUT2D eigenvalue weighted by Gasteiger charge is 2.32. The van der Waals surface area contributed by atoms with Crippen LogP contribution in [0.4, 0.5) is 5.69 Å². The number of amides is 2. The lowest BCUT2D eigenvalue weighted by molar-refractivity contribution is -0.140. The average molecular weight is 556 g/mol. The van der Waals surface area contributed by atoms with Crippen molar-refractivity contribution in [3.63, 3.8) is 0 Å². The molecule has 0 heterocycles. The van der Waals surface area contributed by atoms with Crippen LogP contribution < -0.4 is 9.62 Å². The molecule has 0 aliphatic rings. The van der Waals surface area contributed by atoms with E-state index < -0.39 is 28.5 Å². The molecule has 0 radical (unpaired) electrons. The lowest BCUT2D eigenvalue weighted by Gasteiger charge is -2.33. The van der Waals surface area contributed by atoms with Crippen LogP contribution in [0.15, 0.2) is 78.9 Å². The number of halogens is 1. The minimum atomic E-state index is -3.79. The van der Waals surface area contributed by atoms with Crippen LogP contribution in [0.25, 0.3) is 0 Å². The van der Waals surface area contributed by atoms with Crippen molar-refractivity contribution in [3.8, 4) is 0 Å². The lowest BCUT2D eigenvalue weighted by atomic mass is 10.0. The highest BCUT2D eigenvalue weighted by Crippen LogP contribution is 2.22. The van der Waals surface area contributed by atoms with E-state index in [1.165, 1.54) is 4.90 Å². The van der Waals surface area contributed by atoms with E-state index in [9.17, 15) is 18.0 Å². The SMILES string of the molecule is CCCNC(=O)[C@@H](Cc1ccccc1)N(Cc1ccc(Cl)cc1)C(=O)CN(c1cccc(C)c1)S(C)(=O)=O. The first-order valence-corrected chi connectivity index (χ1v) is 14.7. The predicted octanol–water partition coefficient (Wildman–Crippen LogP) is 4.58. The second-order valence-electron chi connectivity index (χ2n) is 9.25. The highest BCUT2D eigenvalue weighted by atomic mass is 35.5. The molecule has 0 unspecified atom stereocenters. The number of carbonyl (C=O) groups is 2. The van der Waals surface area contributed by atoms with Gasteiger partial charge in [0.05, 0.1) is 11.9 Å². The Morgan fingerprint density at radius 1 is 0.947 bits per heavy atom. The van der Waals surface area contributed by atoms with Gasteiger partial charge in [0.15, 0.2) is 0 Å². The van der Waals surface area contributed by atoms with Crippen LogP contribution >= 0.6 is 11.6 Å². The summed E-state index contributed by atoms with van der Waals surface area (Å²) in [7, 11) is -3.79. The molecule has 3 aromatic carbocycles. The average Bonchev–Trinajstić information content (AvgIpc) is 2.88. The second-order valence-corrected chi connectivity index (χ2v) is 11.6. The quantitative estimate of drug-likeness (QED) is 0.354. The predicted molar refractivity (Wildman–Crippen MR) is 153 cm³/mol. The molecular weight excluding hydrogens is 522 g/mol. The van der Waals surface area contributed by atoms with Crippen LogP contribution in [0, 0.1) is 6.92 Å². The largest absolute Gasteiger partial charge is 0.354 e. The number of hydrogen-bond acceptors (Lipinski definition) is 4. The Hall–Kier alpha value is -3.36. The van der Waals surface area contributed by atoms with Crippen molar-refractivity contribution in [2.24, 2.45) is 0 Å². The molecule has 0 aliphatic carbocycles. The molecule has 0 bridgehead atoms. The number of aryl methyl sites for hydroxylation is 1. The molecular formula is C29H34ClN3O4S. The van der Waals surface area contributed by atoms with Crippen LogP contribution in [0.1, 0.15) is 30.0 Å². The normalized spacial score (nSPS) is 12.0. The summed E-state index contributed by atoms with van der Waals surface area (Å²) in [5.74, 6) is -0.779. The van der Waals surface area contributed by atoms with Crippen LogP contribution in [0.3, 0.4) is 0 Å². The molecule has 0 fully saturated rings. The molecule has 0 saturated heterocycles. The molecule has 0 aromatic heterocycles. The van der Waals surface area contributed by atoms with Crippen LogP contribution in [-0.4, -0.2) is 50.5 Å². The van der Waals surface area contributed by atoms with Gasteiger partial charge >= 0.3 is 0 Å². The first kappa shape index (κ1) is 29.2. The maximum absolute atomic E-state index is 14.0. The van der Waals surface area contributed by atoms with Crippen molar-refractivity contribution in [1.29, 1.82) is 0 Å². The fraction of sp³-hybridized carbons (Fsp3) is 0.310. The monoisotopic (exact) mass is 555 g/mol. The van der Waals surface area contributed by atoms with E-state index in [2.05, 4.69) is 5.32 Å². The summed E-state index contributed by atoms with van der Waals surface area (Å²) in [5, 5.41) is 3.47. The number of nitrogens with one attached hydrogen (secondary N) is 1. The minimum Gasteiger partial charge on any atom is -0.354 e. The van der Waals surface area contributed by atoms with Gasteiger partial charge < -0.3 is 10.2 Å². The Balaban J connectivity index is 2.03. The Kier molecular flexibility index (Phi) is 10.3. The molecule has 1 atom stereocenters. The molecule has 38 heavy (non-hydrogen) atoms. The Morgan fingerprint density at radius 3 is 2.24 bits per heavy atom. The van der Waals surface area contributed by atoms with Crippen molar-refractivity contribution >= 4 is 39.1 Å². The van der Waals surface area contributed by atoms with E-state index in [0.717, 1.165) is 33.7 Å². The molecule has 2 amide bonds.